The minimum atomic E-state index is -1.86. The van der Waals surface area contributed by atoms with Gasteiger partial charge in [-0.25, -0.2) is 9.59 Å². The summed E-state index contributed by atoms with van der Waals surface area (Å²) < 4.78 is 24.9. The Labute approximate surface area is 152 Å². The van der Waals surface area contributed by atoms with Gasteiger partial charge in [-0.3, -0.25) is 0 Å². The normalized spacial score (nSPS) is 45.4. The Morgan fingerprint density at radius 1 is 0.704 bits per heavy atom. The van der Waals surface area contributed by atoms with Crippen LogP contribution in [0, 0.1) is 0 Å². The second-order valence-corrected chi connectivity index (χ2v) is 6.03. The van der Waals surface area contributed by atoms with Crippen LogP contribution in [0.2, 0.25) is 0 Å². The highest BCUT2D eigenvalue weighted by molar-refractivity contribution is 5.74. The van der Waals surface area contributed by atoms with Gasteiger partial charge in [-0.05, 0) is 0 Å². The third kappa shape index (κ3) is 4.21. The van der Waals surface area contributed by atoms with Crippen LogP contribution in [0.4, 0.5) is 0 Å². The Morgan fingerprint density at radius 2 is 1.15 bits per heavy atom. The van der Waals surface area contributed by atoms with Crippen LogP contribution < -0.4 is 0 Å². The molecule has 0 saturated carbocycles. The first-order valence-corrected chi connectivity index (χ1v) is 7.83. The fraction of sp³-hybridized carbons (Fsp3) is 0.857. The van der Waals surface area contributed by atoms with Crippen LogP contribution >= 0.6 is 0 Å². The number of rotatable bonds is 6. The van der Waals surface area contributed by atoms with Crippen LogP contribution in [-0.2, 0) is 33.3 Å². The van der Waals surface area contributed by atoms with Crippen LogP contribution in [0.1, 0.15) is 0 Å². The molecule has 0 spiro atoms. The number of methoxy groups -OCH3 is 2. The van der Waals surface area contributed by atoms with Crippen molar-refractivity contribution in [3.63, 3.8) is 0 Å². The maximum absolute atomic E-state index is 11.4. The highest BCUT2D eigenvalue weighted by atomic mass is 16.7. The monoisotopic (exact) mass is 398 g/mol. The van der Waals surface area contributed by atoms with Gasteiger partial charge in [0.15, 0.2) is 24.8 Å². The minimum Gasteiger partial charge on any atom is -0.479 e. The fourth-order valence-corrected chi connectivity index (χ4v) is 2.95. The number of aliphatic carboxylic acids is 2. The molecule has 2 rings (SSSR count). The first kappa shape index (κ1) is 21.9. The van der Waals surface area contributed by atoms with E-state index in [4.69, 9.17) is 23.7 Å². The van der Waals surface area contributed by atoms with Crippen LogP contribution in [0.15, 0.2) is 0 Å². The predicted molar refractivity (Wildman–Crippen MR) is 79.3 cm³/mol. The van der Waals surface area contributed by atoms with E-state index in [9.17, 15) is 40.2 Å². The highest BCUT2D eigenvalue weighted by Gasteiger charge is 2.54. The van der Waals surface area contributed by atoms with Crippen LogP contribution in [0.3, 0.4) is 0 Å². The first-order valence-electron chi connectivity index (χ1n) is 7.83. The van der Waals surface area contributed by atoms with Crippen molar-refractivity contribution in [2.24, 2.45) is 0 Å². The molecule has 6 N–H and O–H groups in total. The lowest BCUT2D eigenvalue weighted by atomic mass is 9.96. The standard InChI is InChI=1S/C14H22O13/c1-23-7-3(15)6(18)14(27-9(7)11(19)20)25-8-4(16)5(17)13(24-2)26-10(8)12(21)22/h3-10,13-18H,1-2H3,(H,19,20)(H,21,22)/t3?,4?,5-,6-,7+,8-,9?,10?,13+,14+/m0/s1. The summed E-state index contributed by atoms with van der Waals surface area (Å²) in [6.45, 7) is 0. The molecule has 0 aromatic rings. The topological polar surface area (TPSA) is 202 Å². The van der Waals surface area contributed by atoms with E-state index in [1.165, 1.54) is 0 Å². The van der Waals surface area contributed by atoms with Gasteiger partial charge in [-0.15, -0.1) is 0 Å². The van der Waals surface area contributed by atoms with E-state index in [1.807, 2.05) is 0 Å². The van der Waals surface area contributed by atoms with Crippen molar-refractivity contribution in [1.29, 1.82) is 0 Å². The Kier molecular flexibility index (Phi) is 7.07. The van der Waals surface area contributed by atoms with Crippen molar-refractivity contribution in [2.75, 3.05) is 14.2 Å². The van der Waals surface area contributed by atoms with Crippen molar-refractivity contribution >= 4 is 11.9 Å². The number of hydrogen-bond donors (Lipinski definition) is 6. The van der Waals surface area contributed by atoms with Gasteiger partial charge in [0.1, 0.15) is 36.6 Å². The van der Waals surface area contributed by atoms with E-state index in [1.54, 1.807) is 0 Å². The van der Waals surface area contributed by atoms with E-state index in [2.05, 4.69) is 0 Å². The maximum Gasteiger partial charge on any atom is 0.335 e. The molecule has 27 heavy (non-hydrogen) atoms. The highest BCUT2D eigenvalue weighted by Crippen LogP contribution is 2.30. The van der Waals surface area contributed by atoms with E-state index < -0.39 is 73.4 Å². The second kappa shape index (κ2) is 8.72. The molecule has 4 unspecified atom stereocenters. The summed E-state index contributed by atoms with van der Waals surface area (Å²) in [5, 5.41) is 58.7. The third-order valence-electron chi connectivity index (χ3n) is 4.37. The second-order valence-electron chi connectivity index (χ2n) is 6.03. The van der Waals surface area contributed by atoms with E-state index in [-0.39, 0.29) is 0 Å². The zero-order chi connectivity index (χ0) is 20.5. The van der Waals surface area contributed by atoms with E-state index in [0.29, 0.717) is 0 Å². The summed E-state index contributed by atoms with van der Waals surface area (Å²) in [6, 6.07) is 0. The van der Waals surface area contributed by atoms with Crippen molar-refractivity contribution in [3.8, 4) is 0 Å². The minimum absolute atomic E-state index is 1.10. The molecule has 0 amide bonds. The maximum atomic E-state index is 11.4. The molecule has 0 bridgehead atoms. The number of aliphatic hydroxyl groups excluding tert-OH is 4. The number of ether oxygens (including phenoxy) is 5. The molecule has 2 fully saturated rings. The van der Waals surface area contributed by atoms with Gasteiger partial charge < -0.3 is 54.3 Å². The molecule has 2 aliphatic heterocycles. The molecule has 13 nitrogen and oxygen atoms in total. The molecule has 0 aromatic heterocycles. The third-order valence-corrected chi connectivity index (χ3v) is 4.37. The largest absolute Gasteiger partial charge is 0.479 e. The number of carboxylic acids is 2. The van der Waals surface area contributed by atoms with E-state index in [0.717, 1.165) is 14.2 Å². The van der Waals surface area contributed by atoms with Gasteiger partial charge in [-0.1, -0.05) is 0 Å². The molecule has 0 aromatic carbocycles. The first-order chi connectivity index (χ1) is 12.6. The average molecular weight is 398 g/mol. The molecule has 2 heterocycles. The lowest BCUT2D eigenvalue weighted by Crippen LogP contribution is -2.65. The van der Waals surface area contributed by atoms with Gasteiger partial charge in [0.2, 0.25) is 0 Å². The lowest BCUT2D eigenvalue weighted by Gasteiger charge is -2.45. The zero-order valence-corrected chi connectivity index (χ0v) is 14.3. The predicted octanol–water partition coefficient (Wildman–Crippen LogP) is -3.90. The van der Waals surface area contributed by atoms with Crippen LogP contribution in [0.25, 0.3) is 0 Å². The van der Waals surface area contributed by atoms with Crippen LogP contribution in [-0.4, -0.2) is 118 Å². The SMILES string of the molecule is CO[C@H]1C(C(=O)O)O[C@@H](O[C@@H]2C(C(=O)O)O[C@@H](OC)[C@@H](O)C2O)[C@@H](O)C1O. The summed E-state index contributed by atoms with van der Waals surface area (Å²) in [5.74, 6) is -3.11. The molecule has 10 atom stereocenters. The van der Waals surface area contributed by atoms with Crippen molar-refractivity contribution in [1.82, 2.24) is 0 Å². The Hall–Kier alpha value is -1.42. The van der Waals surface area contributed by atoms with Crippen molar-refractivity contribution in [2.45, 2.75) is 61.4 Å². The fourth-order valence-electron chi connectivity index (χ4n) is 2.95. The van der Waals surface area contributed by atoms with Gasteiger partial charge >= 0.3 is 11.9 Å². The van der Waals surface area contributed by atoms with Crippen molar-refractivity contribution in [3.05, 3.63) is 0 Å². The summed E-state index contributed by atoms with van der Waals surface area (Å²) in [4.78, 5) is 22.7. The van der Waals surface area contributed by atoms with Gasteiger partial charge in [0.05, 0.1) is 0 Å². The molecule has 13 heteroatoms. The molecular formula is C14H22O13. The molecule has 0 radical (unpaired) electrons. The number of aliphatic hydroxyl groups is 4. The Morgan fingerprint density at radius 3 is 1.63 bits per heavy atom. The Bertz CT molecular complexity index is 541. The molecule has 2 aliphatic rings. The molecule has 156 valence electrons. The summed E-state index contributed by atoms with van der Waals surface area (Å²) in [5.41, 5.74) is 0. The zero-order valence-electron chi connectivity index (χ0n) is 14.3. The van der Waals surface area contributed by atoms with Gasteiger partial charge in [-0.2, -0.15) is 0 Å². The molecule has 2 saturated heterocycles. The lowest BCUT2D eigenvalue weighted by molar-refractivity contribution is -0.349. The quantitative estimate of drug-likeness (QED) is 0.254. The number of hydrogen-bond acceptors (Lipinski definition) is 11. The van der Waals surface area contributed by atoms with Gasteiger partial charge in [0.25, 0.3) is 0 Å². The molecule has 0 aliphatic carbocycles. The van der Waals surface area contributed by atoms with Crippen molar-refractivity contribution < 1.29 is 63.9 Å². The smallest absolute Gasteiger partial charge is 0.335 e. The van der Waals surface area contributed by atoms with E-state index >= 15 is 0 Å². The number of carboxylic acid groups (broad SMARTS) is 2. The van der Waals surface area contributed by atoms with Gasteiger partial charge in [0, 0.05) is 14.2 Å². The number of carbonyl (C=O) groups is 2. The Balaban J connectivity index is 2.24. The molecular weight excluding hydrogens is 376 g/mol. The summed E-state index contributed by atoms with van der Waals surface area (Å²) in [6.07, 6.45) is -17.3. The summed E-state index contributed by atoms with van der Waals surface area (Å²) >= 11 is 0. The summed E-state index contributed by atoms with van der Waals surface area (Å²) in [7, 11) is 2.22. The average Bonchev–Trinajstić information content (AvgIpc) is 2.62. The van der Waals surface area contributed by atoms with Crippen LogP contribution in [0.5, 0.6) is 0 Å².